The van der Waals surface area contributed by atoms with Crippen LogP contribution in [0.15, 0.2) is 42.5 Å². The van der Waals surface area contributed by atoms with Crippen LogP contribution in [0, 0.1) is 20.8 Å². The lowest BCUT2D eigenvalue weighted by Gasteiger charge is -2.13. The maximum Gasteiger partial charge on any atom is 0.167 e. The highest BCUT2D eigenvalue weighted by Gasteiger charge is 2.19. The molecule has 0 atom stereocenters. The van der Waals surface area contributed by atoms with E-state index in [2.05, 4.69) is 67.8 Å². The number of rotatable bonds is 1. The Morgan fingerprint density at radius 3 is 2.27 bits per heavy atom. The summed E-state index contributed by atoms with van der Waals surface area (Å²) in [4.78, 5) is 0. The van der Waals surface area contributed by atoms with Crippen LogP contribution in [0.3, 0.4) is 0 Å². The molecule has 22 heavy (non-hydrogen) atoms. The first kappa shape index (κ1) is 13.1. The molecule has 0 N–H and O–H groups in total. The largest absolute Gasteiger partial charge is 0.292 e. The maximum atomic E-state index is 4.79. The van der Waals surface area contributed by atoms with Crippen molar-refractivity contribution < 1.29 is 0 Å². The van der Waals surface area contributed by atoms with Gasteiger partial charge in [-0.05, 0) is 38.0 Å². The van der Waals surface area contributed by atoms with E-state index in [-0.39, 0.29) is 0 Å². The molecule has 0 amide bonds. The Morgan fingerprint density at radius 1 is 0.864 bits per heavy atom. The number of fused-ring (bicyclic) bond motifs is 3. The summed E-state index contributed by atoms with van der Waals surface area (Å²) in [5, 5.41) is 7.31. The molecule has 0 fully saturated rings. The number of para-hydroxylation sites is 2. The highest BCUT2D eigenvalue weighted by Crippen LogP contribution is 2.35. The van der Waals surface area contributed by atoms with E-state index in [0.717, 1.165) is 5.65 Å². The fourth-order valence-electron chi connectivity index (χ4n) is 3.44. The van der Waals surface area contributed by atoms with Crippen LogP contribution < -0.4 is 0 Å². The average molecular weight is 289 g/mol. The number of hydrogen-bond acceptors (Lipinski definition) is 1. The average Bonchev–Trinajstić information content (AvgIpc) is 2.95. The summed E-state index contributed by atoms with van der Waals surface area (Å²) in [7, 11) is 2.01. The van der Waals surface area contributed by atoms with Crippen molar-refractivity contribution in [1.82, 2.24) is 14.3 Å². The zero-order valence-corrected chi connectivity index (χ0v) is 13.4. The standard InChI is InChI=1S/C19H19N3/c1-12-8-7-9-13(2)18(12)22-16-11-6-5-10-15(16)17-14(3)21(4)20-19(17)22/h5-11H,1-4H3. The molecule has 0 spiro atoms. The molecule has 0 saturated carbocycles. The van der Waals surface area contributed by atoms with Crippen molar-refractivity contribution in [3.05, 3.63) is 59.3 Å². The van der Waals surface area contributed by atoms with E-state index in [9.17, 15) is 0 Å². The van der Waals surface area contributed by atoms with E-state index in [1.165, 1.54) is 38.8 Å². The van der Waals surface area contributed by atoms with Crippen molar-refractivity contribution >= 4 is 21.9 Å². The number of aromatic nitrogens is 3. The maximum absolute atomic E-state index is 4.79. The second-order valence-corrected chi connectivity index (χ2v) is 6.00. The predicted molar refractivity (Wildman–Crippen MR) is 91.8 cm³/mol. The molecular formula is C19H19N3. The van der Waals surface area contributed by atoms with Gasteiger partial charge < -0.3 is 0 Å². The second kappa shape index (κ2) is 4.47. The summed E-state index contributed by atoms with van der Waals surface area (Å²) in [6.45, 7) is 6.47. The summed E-state index contributed by atoms with van der Waals surface area (Å²) in [5.74, 6) is 0. The third-order valence-electron chi connectivity index (χ3n) is 4.60. The number of benzene rings is 2. The zero-order chi connectivity index (χ0) is 15.4. The van der Waals surface area contributed by atoms with Crippen LogP contribution in [-0.4, -0.2) is 14.3 Å². The minimum Gasteiger partial charge on any atom is -0.292 e. The molecule has 2 aromatic carbocycles. The summed E-state index contributed by atoms with van der Waals surface area (Å²) >= 11 is 0. The van der Waals surface area contributed by atoms with E-state index in [4.69, 9.17) is 5.10 Å². The lowest BCUT2D eigenvalue weighted by Crippen LogP contribution is -2.01. The number of aryl methyl sites for hydroxylation is 4. The van der Waals surface area contributed by atoms with Crippen LogP contribution in [0.1, 0.15) is 16.8 Å². The lowest BCUT2D eigenvalue weighted by atomic mass is 10.1. The summed E-state index contributed by atoms with van der Waals surface area (Å²) in [6.07, 6.45) is 0. The van der Waals surface area contributed by atoms with Gasteiger partial charge in [0, 0.05) is 23.5 Å². The molecule has 2 aromatic heterocycles. The summed E-state index contributed by atoms with van der Waals surface area (Å²) < 4.78 is 4.28. The fourth-order valence-corrected chi connectivity index (χ4v) is 3.44. The SMILES string of the molecule is Cc1cccc(C)c1-n1c2ccccc2c2c(C)n(C)nc21. The van der Waals surface area contributed by atoms with Gasteiger partial charge in [0.25, 0.3) is 0 Å². The molecule has 2 heterocycles. The molecular weight excluding hydrogens is 270 g/mol. The van der Waals surface area contributed by atoms with Crippen molar-refractivity contribution in [2.75, 3.05) is 0 Å². The molecule has 0 saturated heterocycles. The Hall–Kier alpha value is -2.55. The molecule has 3 heteroatoms. The van der Waals surface area contributed by atoms with Gasteiger partial charge in [-0.25, -0.2) is 0 Å². The molecule has 0 aliphatic rings. The van der Waals surface area contributed by atoms with E-state index < -0.39 is 0 Å². The van der Waals surface area contributed by atoms with Crippen molar-refractivity contribution in [3.63, 3.8) is 0 Å². The van der Waals surface area contributed by atoms with Crippen molar-refractivity contribution in [2.45, 2.75) is 20.8 Å². The highest BCUT2D eigenvalue weighted by atomic mass is 15.3. The molecule has 3 nitrogen and oxygen atoms in total. The van der Waals surface area contributed by atoms with Gasteiger partial charge in [-0.2, -0.15) is 5.10 Å². The van der Waals surface area contributed by atoms with Crippen LogP contribution in [0.4, 0.5) is 0 Å². The number of nitrogens with zero attached hydrogens (tertiary/aromatic N) is 3. The first-order valence-electron chi connectivity index (χ1n) is 7.59. The monoisotopic (exact) mass is 289 g/mol. The van der Waals surface area contributed by atoms with Gasteiger partial charge in [0.1, 0.15) is 0 Å². The summed E-state index contributed by atoms with van der Waals surface area (Å²) in [6, 6.07) is 15.0. The summed E-state index contributed by atoms with van der Waals surface area (Å²) in [5.41, 5.74) is 7.25. The molecule has 0 bridgehead atoms. The van der Waals surface area contributed by atoms with Crippen LogP contribution in [0.2, 0.25) is 0 Å². The van der Waals surface area contributed by atoms with Gasteiger partial charge in [0.2, 0.25) is 0 Å². The van der Waals surface area contributed by atoms with Gasteiger partial charge >= 0.3 is 0 Å². The third kappa shape index (κ3) is 1.59. The molecule has 0 unspecified atom stereocenters. The molecule has 110 valence electrons. The zero-order valence-electron chi connectivity index (χ0n) is 13.4. The molecule has 0 aliphatic heterocycles. The van der Waals surface area contributed by atoms with Gasteiger partial charge in [-0.3, -0.25) is 9.25 Å². The van der Waals surface area contributed by atoms with Gasteiger partial charge in [-0.1, -0.05) is 36.4 Å². The molecule has 4 aromatic rings. The van der Waals surface area contributed by atoms with Gasteiger partial charge in [-0.15, -0.1) is 0 Å². The Balaban J connectivity index is 2.28. The predicted octanol–water partition coefficient (Wildman–Crippen LogP) is 4.44. The van der Waals surface area contributed by atoms with Crippen LogP contribution >= 0.6 is 0 Å². The minimum absolute atomic E-state index is 1.04. The van der Waals surface area contributed by atoms with E-state index in [1.54, 1.807) is 0 Å². The Kier molecular flexibility index (Phi) is 2.67. The second-order valence-electron chi connectivity index (χ2n) is 6.00. The minimum atomic E-state index is 1.04. The molecule has 0 radical (unpaired) electrons. The van der Waals surface area contributed by atoms with E-state index in [1.807, 2.05) is 11.7 Å². The normalized spacial score (nSPS) is 11.6. The fraction of sp³-hybridized carbons (Fsp3) is 0.211. The highest BCUT2D eigenvalue weighted by molar-refractivity contribution is 6.09. The van der Waals surface area contributed by atoms with E-state index in [0.29, 0.717) is 0 Å². The molecule has 0 aliphatic carbocycles. The van der Waals surface area contributed by atoms with Crippen LogP contribution in [0.5, 0.6) is 0 Å². The Labute approximate surface area is 129 Å². The van der Waals surface area contributed by atoms with Gasteiger partial charge in [0.15, 0.2) is 5.65 Å². The first-order valence-corrected chi connectivity index (χ1v) is 7.59. The van der Waals surface area contributed by atoms with Crippen molar-refractivity contribution in [3.8, 4) is 5.69 Å². The smallest absolute Gasteiger partial charge is 0.167 e. The first-order chi connectivity index (χ1) is 10.6. The van der Waals surface area contributed by atoms with Gasteiger partial charge in [0.05, 0.1) is 11.2 Å². The third-order valence-corrected chi connectivity index (χ3v) is 4.60. The topological polar surface area (TPSA) is 22.8 Å². The van der Waals surface area contributed by atoms with Crippen LogP contribution in [-0.2, 0) is 7.05 Å². The van der Waals surface area contributed by atoms with Crippen LogP contribution in [0.25, 0.3) is 27.6 Å². The van der Waals surface area contributed by atoms with Crippen molar-refractivity contribution in [2.24, 2.45) is 7.05 Å². The molecule has 4 rings (SSSR count). The van der Waals surface area contributed by atoms with E-state index >= 15 is 0 Å². The van der Waals surface area contributed by atoms with Crippen molar-refractivity contribution in [1.29, 1.82) is 0 Å². The Bertz CT molecular complexity index is 998. The Morgan fingerprint density at radius 2 is 1.55 bits per heavy atom. The lowest BCUT2D eigenvalue weighted by molar-refractivity contribution is 0.744. The quantitative estimate of drug-likeness (QED) is 0.508. The number of hydrogen-bond donors (Lipinski definition) is 0.